The Kier molecular flexibility index (Phi) is 6.57. The molecule has 4 aromatic rings. The van der Waals surface area contributed by atoms with Crippen LogP contribution in [0.15, 0.2) is 115 Å². The van der Waals surface area contributed by atoms with E-state index in [9.17, 15) is 4.39 Å². The maximum atomic E-state index is 13.0. The van der Waals surface area contributed by atoms with Gasteiger partial charge in [-0.25, -0.2) is 0 Å². The van der Waals surface area contributed by atoms with Gasteiger partial charge in [0.2, 0.25) is 0 Å². The monoisotopic (exact) mass is 416 g/mol. The molecule has 0 atom stereocenters. The number of rotatable bonds is 8. The first-order valence-corrected chi connectivity index (χ1v) is 12.5. The van der Waals surface area contributed by atoms with E-state index in [1.165, 1.54) is 21.5 Å². The summed E-state index contributed by atoms with van der Waals surface area (Å²) in [6.45, 7) is -0.436. The predicted octanol–water partition coefficient (Wildman–Crippen LogP) is 5.26. The molecule has 0 saturated heterocycles. The van der Waals surface area contributed by atoms with Gasteiger partial charge in [0.25, 0.3) is 0 Å². The number of alkyl halides is 1. The molecular weight excluding hydrogens is 390 g/mol. The number of para-hydroxylation sites is 1. The summed E-state index contributed by atoms with van der Waals surface area (Å²) in [5.74, 6) is 0.783. The average molecular weight is 416 g/mol. The number of benzene rings is 4. The summed E-state index contributed by atoms with van der Waals surface area (Å²) in [7, 11) is -2.51. The molecule has 0 amide bonds. The van der Waals surface area contributed by atoms with E-state index in [2.05, 4.69) is 103 Å². The number of hydrogen-bond donors (Lipinski definition) is 0. The van der Waals surface area contributed by atoms with E-state index in [1.807, 2.05) is 12.1 Å². The van der Waals surface area contributed by atoms with Crippen molar-refractivity contribution < 1.29 is 9.13 Å². The molecule has 0 saturated carbocycles. The molecule has 0 fully saturated rings. The Balaban J connectivity index is 2.01. The van der Waals surface area contributed by atoms with E-state index in [0.29, 0.717) is 0 Å². The molecule has 0 aliphatic rings. The molecule has 3 heteroatoms. The topological polar surface area (TPSA) is 9.23 Å². The van der Waals surface area contributed by atoms with Crippen molar-refractivity contribution in [1.29, 1.82) is 0 Å². The van der Waals surface area contributed by atoms with Gasteiger partial charge < -0.3 is 0 Å². The summed E-state index contributed by atoms with van der Waals surface area (Å²) in [5.41, 5.74) is 1.29. The van der Waals surface area contributed by atoms with Crippen molar-refractivity contribution >= 4 is 23.2 Å². The van der Waals surface area contributed by atoms with Crippen molar-refractivity contribution in [2.75, 3.05) is 13.3 Å². The van der Waals surface area contributed by atoms with Gasteiger partial charge in [-0.3, -0.25) is 0 Å². The molecule has 0 spiro atoms. The van der Waals surface area contributed by atoms with E-state index in [0.717, 1.165) is 11.9 Å². The molecular formula is C27H26FOP. The van der Waals surface area contributed by atoms with E-state index >= 15 is 0 Å². The molecule has 0 heterocycles. The van der Waals surface area contributed by atoms with E-state index in [-0.39, 0.29) is 6.61 Å². The molecule has 0 N–H and O–H groups in total. The molecule has 1 nitrogen and oxygen atoms in total. The van der Waals surface area contributed by atoms with Crippen LogP contribution in [0.2, 0.25) is 0 Å². The van der Waals surface area contributed by atoms with E-state index < -0.39 is 13.9 Å². The Morgan fingerprint density at radius 3 is 1.67 bits per heavy atom. The third-order valence-electron chi connectivity index (χ3n) is 5.53. The summed E-state index contributed by atoms with van der Waals surface area (Å²) in [5, 5.41) is 3.81. The third-order valence-corrected chi connectivity index (χ3v) is 10.4. The summed E-state index contributed by atoms with van der Waals surface area (Å²) >= 11 is 0. The Bertz CT molecular complexity index is 1010. The molecule has 0 aliphatic carbocycles. The van der Waals surface area contributed by atoms with Gasteiger partial charge in [0.15, 0.2) is 0 Å². The van der Waals surface area contributed by atoms with Crippen LogP contribution < -0.4 is 20.7 Å². The number of ether oxygens (including phenoxy) is 1. The normalized spacial score (nSPS) is 11.8. The quantitative estimate of drug-likeness (QED) is 0.356. The predicted molar refractivity (Wildman–Crippen MR) is 128 cm³/mol. The van der Waals surface area contributed by atoms with E-state index in [4.69, 9.17) is 4.74 Å². The molecule has 0 aliphatic heterocycles. The summed E-state index contributed by atoms with van der Waals surface area (Å²) in [4.78, 5) is 0. The Morgan fingerprint density at radius 1 is 0.600 bits per heavy atom. The molecule has 0 bridgehead atoms. The van der Waals surface area contributed by atoms with Gasteiger partial charge >= 0.3 is 178 Å². The zero-order valence-electron chi connectivity index (χ0n) is 16.9. The van der Waals surface area contributed by atoms with Crippen LogP contribution in [0.1, 0.15) is 5.56 Å². The fraction of sp³-hybridized carbons (Fsp3) is 0.111. The van der Waals surface area contributed by atoms with Crippen molar-refractivity contribution in [2.45, 2.75) is 6.16 Å². The standard InChI is InChI=1S/C27H26FOP/c28-20-21-29-26-18-10-11-19-27(26)30(24-14-6-2-7-15-24,25-16-8-3-9-17-25)22-23-12-4-1-5-13-23/h1-19,30H,20-22H2. The fourth-order valence-electron chi connectivity index (χ4n) is 4.22. The fourth-order valence-corrected chi connectivity index (χ4v) is 9.10. The van der Waals surface area contributed by atoms with Crippen LogP contribution in [0.3, 0.4) is 0 Å². The Labute approximate surface area is 178 Å². The van der Waals surface area contributed by atoms with Crippen LogP contribution in [-0.4, -0.2) is 13.3 Å². The molecule has 30 heavy (non-hydrogen) atoms. The zero-order valence-corrected chi connectivity index (χ0v) is 17.9. The van der Waals surface area contributed by atoms with Crippen LogP contribution in [0.25, 0.3) is 0 Å². The van der Waals surface area contributed by atoms with Crippen LogP contribution in [0.5, 0.6) is 5.75 Å². The van der Waals surface area contributed by atoms with Crippen molar-refractivity contribution in [3.63, 3.8) is 0 Å². The Hall–Kier alpha value is -2.96. The molecule has 0 radical (unpaired) electrons. The second-order valence-corrected chi connectivity index (χ2v) is 11.2. The van der Waals surface area contributed by atoms with Crippen molar-refractivity contribution in [3.8, 4) is 5.75 Å². The number of hydrogen-bond acceptors (Lipinski definition) is 1. The third kappa shape index (κ3) is 4.15. The zero-order chi connectivity index (χ0) is 20.7. The first kappa shape index (κ1) is 20.3. The second kappa shape index (κ2) is 9.69. The summed E-state index contributed by atoms with van der Waals surface area (Å²) in [6, 6.07) is 40.3. The van der Waals surface area contributed by atoms with Crippen LogP contribution in [0, 0.1) is 0 Å². The SMILES string of the molecule is FCCOc1ccccc1[PH](Cc1ccccc1)(c1ccccc1)c1ccccc1. The van der Waals surface area contributed by atoms with Gasteiger partial charge in [0.05, 0.1) is 0 Å². The van der Waals surface area contributed by atoms with Gasteiger partial charge in [-0.05, 0) is 0 Å². The first-order valence-electron chi connectivity index (χ1n) is 10.3. The molecule has 152 valence electrons. The van der Waals surface area contributed by atoms with Crippen molar-refractivity contribution in [2.24, 2.45) is 0 Å². The van der Waals surface area contributed by atoms with Crippen LogP contribution in [0.4, 0.5) is 4.39 Å². The van der Waals surface area contributed by atoms with Gasteiger partial charge in [-0.1, -0.05) is 0 Å². The maximum absolute atomic E-state index is 13.0. The van der Waals surface area contributed by atoms with Gasteiger partial charge in [0, 0.05) is 0 Å². The van der Waals surface area contributed by atoms with Gasteiger partial charge in [-0.2, -0.15) is 0 Å². The Morgan fingerprint density at radius 2 is 1.10 bits per heavy atom. The molecule has 0 aromatic heterocycles. The van der Waals surface area contributed by atoms with Crippen LogP contribution in [-0.2, 0) is 6.16 Å². The van der Waals surface area contributed by atoms with E-state index in [1.54, 1.807) is 0 Å². The minimum absolute atomic E-state index is 0.0659. The molecule has 0 unspecified atom stereocenters. The average Bonchev–Trinajstić information content (AvgIpc) is 2.83. The molecule has 4 rings (SSSR count). The summed E-state index contributed by atoms with van der Waals surface area (Å²) < 4.78 is 18.9. The first-order chi connectivity index (χ1) is 14.8. The second-order valence-electron chi connectivity index (χ2n) is 7.33. The summed E-state index contributed by atoms with van der Waals surface area (Å²) in [6.07, 6.45) is 0.901. The van der Waals surface area contributed by atoms with Crippen LogP contribution >= 0.6 is 7.26 Å². The van der Waals surface area contributed by atoms with Gasteiger partial charge in [0.1, 0.15) is 0 Å². The molecule has 4 aromatic carbocycles. The minimum atomic E-state index is -2.51. The van der Waals surface area contributed by atoms with Gasteiger partial charge in [-0.15, -0.1) is 0 Å². The van der Waals surface area contributed by atoms with Crippen molar-refractivity contribution in [3.05, 3.63) is 121 Å². The van der Waals surface area contributed by atoms with Crippen molar-refractivity contribution in [1.82, 2.24) is 0 Å². The number of halogens is 1.